The summed E-state index contributed by atoms with van der Waals surface area (Å²) in [4.78, 5) is 15.8. The summed E-state index contributed by atoms with van der Waals surface area (Å²) in [7, 11) is 0. The molecule has 0 spiro atoms. The molecule has 2 aromatic rings. The van der Waals surface area contributed by atoms with Gasteiger partial charge >= 0.3 is 0 Å². The molecule has 1 heterocycles. The van der Waals surface area contributed by atoms with Crippen molar-refractivity contribution in [3.63, 3.8) is 0 Å². The smallest absolute Gasteiger partial charge is 0.258 e. The van der Waals surface area contributed by atoms with E-state index in [2.05, 4.69) is 31.7 Å². The molecule has 0 saturated heterocycles. The Hall–Kier alpha value is -2.50. The van der Waals surface area contributed by atoms with E-state index in [0.717, 1.165) is 0 Å². The molecule has 0 saturated carbocycles. The van der Waals surface area contributed by atoms with Crippen LogP contribution in [-0.4, -0.2) is 10.9 Å². The Morgan fingerprint density at radius 1 is 1.43 bits per heavy atom. The highest BCUT2D eigenvalue weighted by Gasteiger charge is 2.17. The lowest BCUT2D eigenvalue weighted by molar-refractivity contribution is 0.102. The molecular formula is C13H9BrFN5O. The molecule has 2 rings (SSSR count). The Kier molecular flexibility index (Phi) is 4.47. The normalized spacial score (nSPS) is 9.81. The first-order valence-corrected chi connectivity index (χ1v) is 6.48. The predicted molar refractivity (Wildman–Crippen MR) is 78.8 cm³/mol. The Bertz CT molecular complexity index is 744. The second-order valence-electron chi connectivity index (χ2n) is 3.92. The number of rotatable bonds is 3. The number of nitrogens with zero attached hydrogens (tertiary/aromatic N) is 2. The maximum absolute atomic E-state index is 13.9. The highest BCUT2D eigenvalue weighted by Crippen LogP contribution is 2.22. The van der Waals surface area contributed by atoms with Crippen molar-refractivity contribution in [1.82, 2.24) is 4.98 Å². The summed E-state index contributed by atoms with van der Waals surface area (Å²) in [6.07, 6.45) is 1.25. The molecule has 6 nitrogen and oxygen atoms in total. The number of nitrogens with one attached hydrogen (secondary N) is 2. The maximum Gasteiger partial charge on any atom is 0.258 e. The van der Waals surface area contributed by atoms with Gasteiger partial charge in [0, 0.05) is 10.7 Å². The van der Waals surface area contributed by atoms with Gasteiger partial charge in [-0.15, -0.1) is 0 Å². The molecule has 0 fully saturated rings. The lowest BCUT2D eigenvalue weighted by Gasteiger charge is -2.09. The van der Waals surface area contributed by atoms with Gasteiger partial charge in [-0.25, -0.2) is 15.2 Å². The van der Waals surface area contributed by atoms with Crippen molar-refractivity contribution in [1.29, 1.82) is 5.26 Å². The van der Waals surface area contributed by atoms with Gasteiger partial charge in [0.1, 0.15) is 6.07 Å². The van der Waals surface area contributed by atoms with E-state index in [1.165, 1.54) is 18.3 Å². The van der Waals surface area contributed by atoms with Crippen LogP contribution in [0.3, 0.4) is 0 Å². The monoisotopic (exact) mass is 349 g/mol. The van der Waals surface area contributed by atoms with Gasteiger partial charge in [0.25, 0.3) is 5.91 Å². The summed E-state index contributed by atoms with van der Waals surface area (Å²) >= 11 is 3.24. The molecule has 0 atom stereocenters. The highest BCUT2D eigenvalue weighted by molar-refractivity contribution is 9.10. The summed E-state index contributed by atoms with van der Waals surface area (Å²) in [5.74, 6) is 3.29. The second kappa shape index (κ2) is 6.30. The molecule has 1 aromatic carbocycles. The number of hydrogen-bond acceptors (Lipinski definition) is 5. The molecular weight excluding hydrogens is 341 g/mol. The van der Waals surface area contributed by atoms with Crippen molar-refractivity contribution in [3.05, 3.63) is 51.9 Å². The number of nitriles is 1. The molecule has 0 bridgehead atoms. The second-order valence-corrected chi connectivity index (χ2v) is 4.84. The molecule has 4 N–H and O–H groups in total. The fourth-order valence-corrected chi connectivity index (χ4v) is 1.99. The molecule has 1 aromatic heterocycles. The summed E-state index contributed by atoms with van der Waals surface area (Å²) in [5.41, 5.74) is 2.36. The van der Waals surface area contributed by atoms with Crippen LogP contribution in [0.25, 0.3) is 0 Å². The number of carbonyl (C=O) groups is 1. The van der Waals surface area contributed by atoms with Crippen LogP contribution < -0.4 is 16.6 Å². The van der Waals surface area contributed by atoms with E-state index >= 15 is 0 Å². The molecule has 106 valence electrons. The van der Waals surface area contributed by atoms with Crippen molar-refractivity contribution in [3.8, 4) is 6.07 Å². The Balaban J connectivity index is 2.35. The largest absolute Gasteiger partial charge is 0.321 e. The van der Waals surface area contributed by atoms with Gasteiger partial charge in [-0.05, 0) is 24.3 Å². The van der Waals surface area contributed by atoms with Gasteiger partial charge in [-0.3, -0.25) is 4.79 Å². The summed E-state index contributed by atoms with van der Waals surface area (Å²) < 4.78 is 14.6. The third-order valence-electron chi connectivity index (χ3n) is 2.62. The fourth-order valence-electron chi connectivity index (χ4n) is 1.63. The predicted octanol–water partition coefficient (Wildman–Crippen LogP) is 2.39. The number of halogens is 2. The van der Waals surface area contributed by atoms with Crippen molar-refractivity contribution in [2.75, 3.05) is 10.7 Å². The number of aromatic nitrogens is 1. The number of carbonyl (C=O) groups excluding carboxylic acids is 1. The number of hydrazine groups is 1. The van der Waals surface area contributed by atoms with Crippen molar-refractivity contribution in [2.45, 2.75) is 0 Å². The van der Waals surface area contributed by atoms with Gasteiger partial charge in [-0.1, -0.05) is 15.9 Å². The quantitative estimate of drug-likeness (QED) is 0.583. The lowest BCUT2D eigenvalue weighted by atomic mass is 10.1. The number of anilines is 2. The molecule has 0 unspecified atom stereocenters. The molecule has 8 heteroatoms. The maximum atomic E-state index is 13.9. The van der Waals surface area contributed by atoms with Crippen LogP contribution >= 0.6 is 15.9 Å². The van der Waals surface area contributed by atoms with E-state index < -0.39 is 11.7 Å². The molecule has 0 radical (unpaired) electrons. The minimum atomic E-state index is -0.869. The van der Waals surface area contributed by atoms with Crippen LogP contribution in [0.5, 0.6) is 0 Å². The van der Waals surface area contributed by atoms with E-state index in [1.54, 1.807) is 12.1 Å². The van der Waals surface area contributed by atoms with Crippen LogP contribution in [0.2, 0.25) is 0 Å². The first-order valence-electron chi connectivity index (χ1n) is 5.69. The van der Waals surface area contributed by atoms with E-state index in [0.29, 0.717) is 4.47 Å². The van der Waals surface area contributed by atoms with Gasteiger partial charge in [-0.2, -0.15) is 5.26 Å². The SMILES string of the molecule is N#Cc1ccc(Br)cc1NC(=O)c1ccnc(NN)c1F. The van der Waals surface area contributed by atoms with Gasteiger partial charge in [0.05, 0.1) is 16.8 Å². The molecule has 0 aliphatic rings. The first-order chi connectivity index (χ1) is 10.1. The number of pyridine rings is 1. The first kappa shape index (κ1) is 14.9. The van der Waals surface area contributed by atoms with Crippen molar-refractivity contribution in [2.24, 2.45) is 5.84 Å². The number of nitrogens with two attached hydrogens (primary N) is 1. The average molecular weight is 350 g/mol. The topological polar surface area (TPSA) is 104 Å². The molecule has 21 heavy (non-hydrogen) atoms. The zero-order valence-electron chi connectivity index (χ0n) is 10.5. The Morgan fingerprint density at radius 2 is 2.19 bits per heavy atom. The van der Waals surface area contributed by atoms with Crippen molar-refractivity contribution >= 4 is 33.3 Å². The average Bonchev–Trinajstić information content (AvgIpc) is 2.47. The van der Waals surface area contributed by atoms with Gasteiger partial charge in [0.2, 0.25) is 0 Å². The van der Waals surface area contributed by atoms with Crippen LogP contribution in [0.4, 0.5) is 15.9 Å². The number of nitrogen functional groups attached to an aromatic ring is 1. The number of benzene rings is 1. The fraction of sp³-hybridized carbons (Fsp3) is 0. The zero-order valence-corrected chi connectivity index (χ0v) is 12.1. The molecule has 1 amide bonds. The van der Waals surface area contributed by atoms with Gasteiger partial charge in [0.15, 0.2) is 11.6 Å². The summed E-state index contributed by atoms with van der Waals surface area (Å²) in [5, 5.41) is 11.5. The number of hydrogen-bond donors (Lipinski definition) is 3. The van der Waals surface area contributed by atoms with Crippen LogP contribution in [0.1, 0.15) is 15.9 Å². The summed E-state index contributed by atoms with van der Waals surface area (Å²) in [6.45, 7) is 0. The van der Waals surface area contributed by atoms with E-state index in [4.69, 9.17) is 11.1 Å². The van der Waals surface area contributed by atoms with Crippen LogP contribution in [-0.2, 0) is 0 Å². The van der Waals surface area contributed by atoms with E-state index in [-0.39, 0.29) is 22.6 Å². The van der Waals surface area contributed by atoms with Gasteiger partial charge < -0.3 is 10.7 Å². The van der Waals surface area contributed by atoms with E-state index in [9.17, 15) is 9.18 Å². The Labute approximate surface area is 127 Å². The highest BCUT2D eigenvalue weighted by atomic mass is 79.9. The zero-order chi connectivity index (χ0) is 15.4. The standard InChI is InChI=1S/C13H9BrFN5O/c14-8-2-1-7(6-16)10(5-8)19-13(21)9-3-4-18-12(20-17)11(9)15/h1-5H,17H2,(H,18,20)(H,19,21). The molecule has 0 aliphatic heterocycles. The van der Waals surface area contributed by atoms with Crippen LogP contribution in [0, 0.1) is 17.1 Å². The lowest BCUT2D eigenvalue weighted by Crippen LogP contribution is -2.18. The van der Waals surface area contributed by atoms with Crippen molar-refractivity contribution < 1.29 is 9.18 Å². The van der Waals surface area contributed by atoms with Crippen LogP contribution in [0.15, 0.2) is 34.9 Å². The summed E-state index contributed by atoms with van der Waals surface area (Å²) in [6, 6.07) is 7.92. The molecule has 0 aliphatic carbocycles. The number of amides is 1. The Morgan fingerprint density at radius 3 is 2.86 bits per heavy atom. The third kappa shape index (κ3) is 3.16. The minimum Gasteiger partial charge on any atom is -0.321 e. The third-order valence-corrected chi connectivity index (χ3v) is 3.11. The minimum absolute atomic E-state index is 0.234. The van der Waals surface area contributed by atoms with E-state index in [1.807, 2.05) is 6.07 Å².